The molecule has 0 fully saturated rings. The second kappa shape index (κ2) is 6.77. The van der Waals surface area contributed by atoms with E-state index in [-0.39, 0.29) is 0 Å². The highest BCUT2D eigenvalue weighted by atomic mass is 14.9. The molecule has 2 N–H and O–H groups in total. The molecule has 0 radical (unpaired) electrons. The molecule has 1 atom stereocenters. The molecule has 0 bridgehead atoms. The number of hydrogen-bond donors (Lipinski definition) is 2. The molecule has 1 rings (SSSR count). The molecule has 0 amide bonds. The van der Waals surface area contributed by atoms with Gasteiger partial charge >= 0.3 is 0 Å². The van der Waals surface area contributed by atoms with Crippen LogP contribution in [0.15, 0.2) is 12.1 Å². The Labute approximate surface area is 106 Å². The normalized spacial score (nSPS) is 12.8. The summed E-state index contributed by atoms with van der Waals surface area (Å²) in [6.07, 6.45) is 2.38. The van der Waals surface area contributed by atoms with E-state index in [0.717, 1.165) is 6.54 Å². The average molecular weight is 234 g/mol. The lowest BCUT2D eigenvalue weighted by atomic mass is 9.92. The van der Waals surface area contributed by atoms with Gasteiger partial charge in [-0.15, -0.1) is 0 Å². The van der Waals surface area contributed by atoms with E-state index in [9.17, 15) is 0 Å². The van der Waals surface area contributed by atoms with Crippen molar-refractivity contribution in [1.29, 1.82) is 0 Å². The molecule has 0 aliphatic rings. The molecule has 1 unspecified atom stereocenters. The summed E-state index contributed by atoms with van der Waals surface area (Å²) >= 11 is 0. The summed E-state index contributed by atoms with van der Waals surface area (Å²) in [4.78, 5) is 0. The Kier molecular flexibility index (Phi) is 5.66. The number of hydrogen-bond acceptors (Lipinski definition) is 2. The van der Waals surface area contributed by atoms with Gasteiger partial charge in [0, 0.05) is 6.04 Å². The van der Waals surface area contributed by atoms with Gasteiger partial charge in [0.15, 0.2) is 0 Å². The lowest BCUT2D eigenvalue weighted by Crippen LogP contribution is -2.19. The fourth-order valence-electron chi connectivity index (χ4n) is 2.29. The first kappa shape index (κ1) is 14.2. The lowest BCUT2D eigenvalue weighted by molar-refractivity contribution is 0.516. The molecule has 96 valence electrons. The maximum Gasteiger partial charge on any atom is 0.0320 e. The van der Waals surface area contributed by atoms with Gasteiger partial charge in [0.2, 0.25) is 0 Å². The summed E-state index contributed by atoms with van der Waals surface area (Å²) in [6.45, 7) is 7.72. The maximum absolute atomic E-state index is 3.44. The van der Waals surface area contributed by atoms with E-state index in [4.69, 9.17) is 0 Å². The molecule has 0 aliphatic heterocycles. The quantitative estimate of drug-likeness (QED) is 0.740. The van der Waals surface area contributed by atoms with E-state index in [1.54, 1.807) is 0 Å². The molecule has 2 heteroatoms. The van der Waals surface area contributed by atoms with E-state index in [1.165, 1.54) is 35.1 Å². The zero-order chi connectivity index (χ0) is 12.8. The van der Waals surface area contributed by atoms with Crippen LogP contribution in [-0.4, -0.2) is 20.6 Å². The van der Waals surface area contributed by atoms with Gasteiger partial charge < -0.3 is 10.6 Å². The first-order chi connectivity index (χ1) is 8.11. The molecule has 0 saturated heterocycles. The van der Waals surface area contributed by atoms with Crippen LogP contribution < -0.4 is 10.6 Å². The zero-order valence-electron chi connectivity index (χ0n) is 11.9. The summed E-state index contributed by atoms with van der Waals surface area (Å²) in [5.74, 6) is 0. The van der Waals surface area contributed by atoms with Gasteiger partial charge in [0.1, 0.15) is 0 Å². The van der Waals surface area contributed by atoms with Crippen LogP contribution in [0.4, 0.5) is 0 Å². The molecular formula is C15H26N2. The largest absolute Gasteiger partial charge is 0.320 e. The van der Waals surface area contributed by atoms with E-state index in [1.807, 2.05) is 7.05 Å². The summed E-state index contributed by atoms with van der Waals surface area (Å²) < 4.78 is 0. The molecular weight excluding hydrogens is 208 g/mol. The van der Waals surface area contributed by atoms with Crippen molar-refractivity contribution < 1.29 is 0 Å². The third kappa shape index (κ3) is 3.55. The van der Waals surface area contributed by atoms with Crippen LogP contribution in [0.2, 0.25) is 0 Å². The number of benzene rings is 1. The van der Waals surface area contributed by atoms with Crippen molar-refractivity contribution in [1.82, 2.24) is 10.6 Å². The third-order valence-electron chi connectivity index (χ3n) is 3.74. The third-order valence-corrected chi connectivity index (χ3v) is 3.74. The Balaban J connectivity index is 2.85. The molecule has 0 spiro atoms. The monoisotopic (exact) mass is 234 g/mol. The van der Waals surface area contributed by atoms with Crippen molar-refractivity contribution in [2.75, 3.05) is 20.6 Å². The molecule has 1 aromatic rings. The molecule has 0 heterocycles. The molecule has 17 heavy (non-hydrogen) atoms. The molecule has 2 nitrogen and oxygen atoms in total. The highest BCUT2D eigenvalue weighted by Crippen LogP contribution is 2.25. The first-order valence-corrected chi connectivity index (χ1v) is 6.50. The Hall–Kier alpha value is -0.860. The number of nitrogens with one attached hydrogen (secondary N) is 2. The molecule has 0 saturated carbocycles. The topological polar surface area (TPSA) is 24.1 Å². The highest BCUT2D eigenvalue weighted by molar-refractivity contribution is 5.40. The predicted molar refractivity (Wildman–Crippen MR) is 75.6 cm³/mol. The SMILES string of the molecule is CNCCCC(NC)c1ccc(C)c(C)c1C. The van der Waals surface area contributed by atoms with Gasteiger partial charge in [-0.25, -0.2) is 0 Å². The Morgan fingerprint density at radius 3 is 2.35 bits per heavy atom. The Bertz CT molecular complexity index is 358. The van der Waals surface area contributed by atoms with Crippen molar-refractivity contribution in [2.24, 2.45) is 0 Å². The van der Waals surface area contributed by atoms with Gasteiger partial charge in [-0.3, -0.25) is 0 Å². The van der Waals surface area contributed by atoms with Crippen molar-refractivity contribution in [3.63, 3.8) is 0 Å². The van der Waals surface area contributed by atoms with Crippen molar-refractivity contribution >= 4 is 0 Å². The van der Waals surface area contributed by atoms with Crippen LogP contribution in [0.1, 0.15) is 41.1 Å². The van der Waals surface area contributed by atoms with E-state index < -0.39 is 0 Å². The van der Waals surface area contributed by atoms with Crippen molar-refractivity contribution in [2.45, 2.75) is 39.7 Å². The summed E-state index contributed by atoms with van der Waals surface area (Å²) in [5, 5.41) is 6.64. The van der Waals surface area contributed by atoms with Gasteiger partial charge in [0.25, 0.3) is 0 Å². The number of aryl methyl sites for hydroxylation is 1. The Morgan fingerprint density at radius 2 is 1.76 bits per heavy atom. The molecule has 0 aromatic heterocycles. The fourth-order valence-corrected chi connectivity index (χ4v) is 2.29. The van der Waals surface area contributed by atoms with Gasteiger partial charge in [-0.05, 0) is 76.5 Å². The van der Waals surface area contributed by atoms with E-state index >= 15 is 0 Å². The smallest absolute Gasteiger partial charge is 0.0320 e. The first-order valence-electron chi connectivity index (χ1n) is 6.50. The fraction of sp³-hybridized carbons (Fsp3) is 0.600. The molecule has 1 aromatic carbocycles. The van der Waals surface area contributed by atoms with Gasteiger partial charge in [0.05, 0.1) is 0 Å². The van der Waals surface area contributed by atoms with E-state index in [2.05, 4.69) is 50.6 Å². The van der Waals surface area contributed by atoms with Crippen LogP contribution in [0, 0.1) is 20.8 Å². The van der Waals surface area contributed by atoms with Crippen molar-refractivity contribution in [3.05, 3.63) is 34.4 Å². The zero-order valence-corrected chi connectivity index (χ0v) is 11.9. The lowest BCUT2D eigenvalue weighted by Gasteiger charge is -2.21. The minimum atomic E-state index is 0.475. The molecule has 0 aliphatic carbocycles. The summed E-state index contributed by atoms with van der Waals surface area (Å²) in [5.41, 5.74) is 5.70. The highest BCUT2D eigenvalue weighted by Gasteiger charge is 2.13. The predicted octanol–water partition coefficient (Wildman–Crippen LogP) is 2.87. The second-order valence-electron chi connectivity index (χ2n) is 4.81. The van der Waals surface area contributed by atoms with Crippen LogP contribution in [-0.2, 0) is 0 Å². The second-order valence-corrected chi connectivity index (χ2v) is 4.81. The minimum absolute atomic E-state index is 0.475. The average Bonchev–Trinajstić information content (AvgIpc) is 2.33. The van der Waals surface area contributed by atoms with Gasteiger partial charge in [-0.2, -0.15) is 0 Å². The summed E-state index contributed by atoms with van der Waals surface area (Å²) in [6, 6.07) is 4.99. The minimum Gasteiger partial charge on any atom is -0.320 e. The van der Waals surface area contributed by atoms with E-state index in [0.29, 0.717) is 6.04 Å². The van der Waals surface area contributed by atoms with Crippen molar-refractivity contribution in [3.8, 4) is 0 Å². The standard InChI is InChI=1S/C15H26N2/c1-11-8-9-14(13(3)12(11)2)15(17-5)7-6-10-16-4/h8-9,15-17H,6-7,10H2,1-5H3. The van der Waals surface area contributed by atoms with Crippen LogP contribution in [0.25, 0.3) is 0 Å². The van der Waals surface area contributed by atoms with Gasteiger partial charge in [-0.1, -0.05) is 12.1 Å². The maximum atomic E-state index is 3.44. The number of rotatable bonds is 6. The van der Waals surface area contributed by atoms with Crippen LogP contribution in [0.3, 0.4) is 0 Å². The van der Waals surface area contributed by atoms with Crippen LogP contribution in [0.5, 0.6) is 0 Å². The summed E-state index contributed by atoms with van der Waals surface area (Å²) in [7, 11) is 4.06. The van der Waals surface area contributed by atoms with Crippen LogP contribution >= 0.6 is 0 Å². The Morgan fingerprint density at radius 1 is 1.06 bits per heavy atom.